The molecule has 0 saturated heterocycles. The first-order chi connectivity index (χ1) is 12.8. The molecule has 27 heavy (non-hydrogen) atoms. The van der Waals surface area contributed by atoms with Crippen molar-refractivity contribution in [3.8, 4) is 0 Å². The van der Waals surface area contributed by atoms with Gasteiger partial charge in [-0.2, -0.15) is 5.10 Å². The Labute approximate surface area is 158 Å². The van der Waals surface area contributed by atoms with Crippen LogP contribution in [0.5, 0.6) is 0 Å². The average Bonchev–Trinajstić information content (AvgIpc) is 2.96. The van der Waals surface area contributed by atoms with Gasteiger partial charge in [0.25, 0.3) is 11.6 Å². The van der Waals surface area contributed by atoms with Crippen LogP contribution in [0.2, 0.25) is 5.02 Å². The van der Waals surface area contributed by atoms with Gasteiger partial charge in [-0.3, -0.25) is 19.6 Å². The molecule has 1 aromatic heterocycles. The molecule has 1 N–H and O–H groups in total. The first-order valence-electron chi connectivity index (χ1n) is 7.88. The lowest BCUT2D eigenvalue weighted by molar-refractivity contribution is -0.385. The minimum atomic E-state index is -0.587. The molecule has 0 unspecified atom stereocenters. The van der Waals surface area contributed by atoms with Gasteiger partial charge in [0.15, 0.2) is 5.82 Å². The molecule has 3 rings (SSSR count). The van der Waals surface area contributed by atoms with Crippen molar-refractivity contribution < 1.29 is 14.1 Å². The van der Waals surface area contributed by atoms with Gasteiger partial charge in [0.2, 0.25) is 0 Å². The first kappa shape index (κ1) is 18.5. The zero-order valence-electron chi connectivity index (χ0n) is 14.1. The summed E-state index contributed by atoms with van der Waals surface area (Å²) in [5, 5.41) is 17.8. The van der Waals surface area contributed by atoms with Gasteiger partial charge in [-0.15, -0.1) is 0 Å². The number of anilines is 1. The average molecular weight is 389 g/mol. The van der Waals surface area contributed by atoms with Gasteiger partial charge in [0.1, 0.15) is 10.8 Å². The summed E-state index contributed by atoms with van der Waals surface area (Å²) in [6.07, 6.45) is 1.46. The Morgan fingerprint density at radius 2 is 2.07 bits per heavy atom. The van der Waals surface area contributed by atoms with Crippen molar-refractivity contribution in [2.24, 2.45) is 0 Å². The number of aryl methyl sites for hydroxylation is 1. The molecule has 1 amide bonds. The van der Waals surface area contributed by atoms with Crippen LogP contribution in [0.15, 0.2) is 48.7 Å². The van der Waals surface area contributed by atoms with E-state index in [1.54, 1.807) is 25.1 Å². The molecule has 2 aromatic carbocycles. The molecule has 0 aliphatic heterocycles. The van der Waals surface area contributed by atoms with Crippen molar-refractivity contribution >= 4 is 29.0 Å². The predicted molar refractivity (Wildman–Crippen MR) is 98.5 cm³/mol. The number of hydrogen-bond donors (Lipinski definition) is 1. The van der Waals surface area contributed by atoms with Crippen LogP contribution in [-0.2, 0) is 6.54 Å². The summed E-state index contributed by atoms with van der Waals surface area (Å²) < 4.78 is 15.1. The SMILES string of the molecule is Cc1ccc(C(=O)Nc2nn(Cc3ccccc3F)cc2Cl)cc1[N+](=O)[O-]. The van der Waals surface area contributed by atoms with Gasteiger partial charge in [-0.25, -0.2) is 4.39 Å². The smallest absolute Gasteiger partial charge is 0.273 e. The minimum Gasteiger partial charge on any atom is -0.304 e. The van der Waals surface area contributed by atoms with Crippen LogP contribution in [0, 0.1) is 22.9 Å². The lowest BCUT2D eigenvalue weighted by atomic mass is 10.1. The summed E-state index contributed by atoms with van der Waals surface area (Å²) >= 11 is 6.09. The maximum Gasteiger partial charge on any atom is 0.273 e. The molecule has 0 radical (unpaired) electrons. The Hall–Kier alpha value is -3.26. The number of aromatic nitrogens is 2. The molecule has 3 aromatic rings. The van der Waals surface area contributed by atoms with Crippen LogP contribution in [0.1, 0.15) is 21.5 Å². The van der Waals surface area contributed by atoms with E-state index in [0.29, 0.717) is 11.1 Å². The molecule has 0 aliphatic rings. The third-order valence-electron chi connectivity index (χ3n) is 3.91. The quantitative estimate of drug-likeness (QED) is 0.524. The predicted octanol–water partition coefficient (Wildman–Crippen LogP) is 4.19. The Morgan fingerprint density at radius 1 is 1.33 bits per heavy atom. The Balaban J connectivity index is 1.79. The molecule has 7 nitrogen and oxygen atoms in total. The molecule has 138 valence electrons. The fourth-order valence-corrected chi connectivity index (χ4v) is 2.69. The normalized spacial score (nSPS) is 10.6. The Morgan fingerprint density at radius 3 is 2.78 bits per heavy atom. The van der Waals surface area contributed by atoms with Crippen molar-refractivity contribution in [2.45, 2.75) is 13.5 Å². The van der Waals surface area contributed by atoms with E-state index in [-0.39, 0.29) is 34.5 Å². The van der Waals surface area contributed by atoms with Gasteiger partial charge in [-0.1, -0.05) is 35.9 Å². The molecule has 0 atom stereocenters. The topological polar surface area (TPSA) is 90.1 Å². The number of hydrogen-bond acceptors (Lipinski definition) is 4. The highest BCUT2D eigenvalue weighted by atomic mass is 35.5. The van der Waals surface area contributed by atoms with E-state index in [0.717, 1.165) is 0 Å². The zero-order valence-corrected chi connectivity index (χ0v) is 14.9. The highest BCUT2D eigenvalue weighted by Gasteiger charge is 2.17. The Bertz CT molecular complexity index is 1040. The van der Waals surface area contributed by atoms with E-state index < -0.39 is 10.8 Å². The molecular formula is C18H14ClFN4O3. The second kappa shape index (κ2) is 7.55. The van der Waals surface area contributed by atoms with Crippen LogP contribution in [0.4, 0.5) is 15.9 Å². The molecule has 0 bridgehead atoms. The third kappa shape index (κ3) is 4.12. The van der Waals surface area contributed by atoms with Gasteiger partial charge >= 0.3 is 0 Å². The highest BCUT2D eigenvalue weighted by Crippen LogP contribution is 2.23. The number of amides is 1. The van der Waals surface area contributed by atoms with E-state index in [1.807, 2.05) is 0 Å². The number of nitro benzene ring substituents is 1. The number of carbonyl (C=O) groups is 1. The van der Waals surface area contributed by atoms with E-state index in [1.165, 1.54) is 35.1 Å². The lowest BCUT2D eigenvalue weighted by Gasteiger charge is -2.05. The van der Waals surface area contributed by atoms with E-state index >= 15 is 0 Å². The van der Waals surface area contributed by atoms with Crippen molar-refractivity contribution in [1.29, 1.82) is 0 Å². The fraction of sp³-hybridized carbons (Fsp3) is 0.111. The van der Waals surface area contributed by atoms with Crippen molar-refractivity contribution in [3.05, 3.63) is 86.3 Å². The third-order valence-corrected chi connectivity index (χ3v) is 4.18. The minimum absolute atomic E-state index is 0.0845. The molecule has 0 saturated carbocycles. The molecule has 1 heterocycles. The highest BCUT2D eigenvalue weighted by molar-refractivity contribution is 6.33. The van der Waals surface area contributed by atoms with Crippen molar-refractivity contribution in [3.63, 3.8) is 0 Å². The molecule has 0 fully saturated rings. The number of rotatable bonds is 5. The summed E-state index contributed by atoms with van der Waals surface area (Å²) in [6, 6.07) is 10.4. The van der Waals surface area contributed by atoms with E-state index in [2.05, 4.69) is 10.4 Å². The number of halogens is 2. The monoisotopic (exact) mass is 388 g/mol. The van der Waals surface area contributed by atoms with Crippen molar-refractivity contribution in [2.75, 3.05) is 5.32 Å². The maximum atomic E-state index is 13.8. The molecular weight excluding hydrogens is 375 g/mol. The largest absolute Gasteiger partial charge is 0.304 e. The first-order valence-corrected chi connectivity index (χ1v) is 8.25. The number of carbonyl (C=O) groups excluding carboxylic acids is 1. The fourth-order valence-electron chi connectivity index (χ4n) is 2.49. The van der Waals surface area contributed by atoms with Crippen molar-refractivity contribution in [1.82, 2.24) is 9.78 Å². The lowest BCUT2D eigenvalue weighted by Crippen LogP contribution is -2.13. The number of nitrogens with one attached hydrogen (secondary N) is 1. The summed E-state index contributed by atoms with van der Waals surface area (Å²) in [5.74, 6) is -0.876. The molecule has 0 spiro atoms. The number of nitro groups is 1. The molecule has 9 heteroatoms. The standard InChI is InChI=1S/C18H14ClFN4O3/c1-11-6-7-12(8-16(11)24(26)27)18(25)21-17-14(19)10-23(22-17)9-13-4-2-3-5-15(13)20/h2-8,10H,9H2,1H3,(H,21,22,25). The van der Waals surface area contributed by atoms with Gasteiger partial charge < -0.3 is 5.32 Å². The summed E-state index contributed by atoms with van der Waals surface area (Å²) in [5.41, 5.74) is 0.818. The van der Waals surface area contributed by atoms with Gasteiger partial charge in [0, 0.05) is 29.0 Å². The molecule has 0 aliphatic carbocycles. The number of nitrogens with zero attached hydrogens (tertiary/aromatic N) is 3. The van der Waals surface area contributed by atoms with E-state index in [4.69, 9.17) is 11.6 Å². The summed E-state index contributed by atoms with van der Waals surface area (Å²) in [7, 11) is 0. The zero-order chi connectivity index (χ0) is 19.6. The van der Waals surface area contributed by atoms with Crippen LogP contribution < -0.4 is 5.32 Å². The second-order valence-corrected chi connectivity index (χ2v) is 6.23. The maximum absolute atomic E-state index is 13.8. The van der Waals surface area contributed by atoms with Crippen LogP contribution in [0.25, 0.3) is 0 Å². The van der Waals surface area contributed by atoms with Crippen LogP contribution in [0.3, 0.4) is 0 Å². The van der Waals surface area contributed by atoms with Gasteiger partial charge in [0.05, 0.1) is 11.5 Å². The van der Waals surface area contributed by atoms with E-state index in [9.17, 15) is 19.3 Å². The number of benzene rings is 2. The van der Waals surface area contributed by atoms with Crippen LogP contribution in [-0.4, -0.2) is 20.6 Å². The second-order valence-electron chi connectivity index (χ2n) is 5.83. The van der Waals surface area contributed by atoms with Crippen LogP contribution >= 0.6 is 11.6 Å². The van der Waals surface area contributed by atoms with Gasteiger partial charge in [-0.05, 0) is 19.1 Å². The summed E-state index contributed by atoms with van der Waals surface area (Å²) in [4.78, 5) is 22.8. The Kier molecular flexibility index (Phi) is 5.18. The summed E-state index contributed by atoms with van der Waals surface area (Å²) in [6.45, 7) is 1.72.